The number of nitrogens with two attached hydrogens (primary N) is 1. The lowest BCUT2D eigenvalue weighted by Crippen LogP contribution is -2.13. The summed E-state index contributed by atoms with van der Waals surface area (Å²) in [7, 11) is 0. The van der Waals surface area contributed by atoms with Crippen LogP contribution in [0.15, 0.2) is 18.2 Å². The van der Waals surface area contributed by atoms with Crippen LogP contribution in [0.25, 0.3) is 11.0 Å². The summed E-state index contributed by atoms with van der Waals surface area (Å²) >= 11 is 5.73. The Morgan fingerprint density at radius 2 is 2.19 bits per heavy atom. The first kappa shape index (κ1) is 10.6. The van der Waals surface area contributed by atoms with Crippen molar-refractivity contribution >= 4 is 28.7 Å². The SMILES string of the molecule is NC(=O)OCc1cc2nc(Cl)ccc2nn1. The monoisotopic (exact) mass is 238 g/mol. The van der Waals surface area contributed by atoms with Gasteiger partial charge in [-0.2, -0.15) is 5.10 Å². The smallest absolute Gasteiger partial charge is 0.404 e. The molecule has 82 valence electrons. The van der Waals surface area contributed by atoms with Crippen molar-refractivity contribution in [3.05, 3.63) is 29.0 Å². The van der Waals surface area contributed by atoms with Crippen LogP contribution in [0.1, 0.15) is 5.69 Å². The molecule has 0 saturated carbocycles. The molecule has 0 fully saturated rings. The molecule has 2 N–H and O–H groups in total. The Bertz CT molecular complexity index is 546. The number of hydrogen-bond donors (Lipinski definition) is 1. The third-order valence-electron chi connectivity index (χ3n) is 1.82. The van der Waals surface area contributed by atoms with Crippen molar-refractivity contribution in [2.24, 2.45) is 5.73 Å². The largest absolute Gasteiger partial charge is 0.443 e. The van der Waals surface area contributed by atoms with Gasteiger partial charge in [-0.05, 0) is 18.2 Å². The van der Waals surface area contributed by atoms with E-state index in [0.29, 0.717) is 21.9 Å². The highest BCUT2D eigenvalue weighted by Crippen LogP contribution is 2.13. The molecule has 0 spiro atoms. The van der Waals surface area contributed by atoms with E-state index in [1.165, 1.54) is 0 Å². The minimum Gasteiger partial charge on any atom is -0.443 e. The van der Waals surface area contributed by atoms with Gasteiger partial charge in [0.25, 0.3) is 0 Å². The number of hydrogen-bond acceptors (Lipinski definition) is 5. The summed E-state index contributed by atoms with van der Waals surface area (Å²) in [6.45, 7) is -0.0353. The molecule has 2 heterocycles. The maximum Gasteiger partial charge on any atom is 0.404 e. The van der Waals surface area contributed by atoms with Crippen molar-refractivity contribution in [3.8, 4) is 0 Å². The van der Waals surface area contributed by atoms with E-state index in [9.17, 15) is 4.79 Å². The van der Waals surface area contributed by atoms with Gasteiger partial charge in [0, 0.05) is 0 Å². The van der Waals surface area contributed by atoms with Gasteiger partial charge < -0.3 is 10.5 Å². The van der Waals surface area contributed by atoms with Crippen molar-refractivity contribution < 1.29 is 9.53 Å². The van der Waals surface area contributed by atoms with Crippen LogP contribution >= 0.6 is 11.6 Å². The van der Waals surface area contributed by atoms with Crippen LogP contribution in [-0.4, -0.2) is 21.3 Å². The third-order valence-corrected chi connectivity index (χ3v) is 2.03. The molecule has 0 unspecified atom stereocenters. The number of ether oxygens (including phenoxy) is 1. The van der Waals surface area contributed by atoms with Crippen LogP contribution in [0.2, 0.25) is 5.15 Å². The Labute approximate surface area is 95.4 Å². The Hall–Kier alpha value is -1.95. The number of rotatable bonds is 2. The zero-order chi connectivity index (χ0) is 11.5. The average molecular weight is 239 g/mol. The van der Waals surface area contributed by atoms with Crippen molar-refractivity contribution in [3.63, 3.8) is 0 Å². The maximum absolute atomic E-state index is 10.4. The number of primary amides is 1. The van der Waals surface area contributed by atoms with Crippen LogP contribution < -0.4 is 5.73 Å². The van der Waals surface area contributed by atoms with Gasteiger partial charge in [-0.25, -0.2) is 9.78 Å². The summed E-state index contributed by atoms with van der Waals surface area (Å²) < 4.78 is 4.58. The van der Waals surface area contributed by atoms with Gasteiger partial charge in [-0.3, -0.25) is 0 Å². The van der Waals surface area contributed by atoms with E-state index >= 15 is 0 Å². The highest BCUT2D eigenvalue weighted by Gasteiger charge is 2.03. The molecule has 0 aliphatic carbocycles. The second-order valence-electron chi connectivity index (χ2n) is 2.98. The normalized spacial score (nSPS) is 10.3. The van der Waals surface area contributed by atoms with Crippen LogP contribution in [0, 0.1) is 0 Å². The number of pyridine rings is 1. The molecule has 16 heavy (non-hydrogen) atoms. The number of nitrogens with zero attached hydrogens (tertiary/aromatic N) is 3. The van der Waals surface area contributed by atoms with E-state index in [0.717, 1.165) is 0 Å². The van der Waals surface area contributed by atoms with E-state index in [2.05, 4.69) is 19.9 Å². The lowest BCUT2D eigenvalue weighted by atomic mass is 10.3. The summed E-state index contributed by atoms with van der Waals surface area (Å²) in [5, 5.41) is 8.10. The zero-order valence-electron chi connectivity index (χ0n) is 8.05. The van der Waals surface area contributed by atoms with Gasteiger partial charge in [0.15, 0.2) is 0 Å². The van der Waals surface area contributed by atoms with Crippen LogP contribution in [-0.2, 0) is 11.3 Å². The Kier molecular flexibility index (Phi) is 2.82. The standard InChI is InChI=1S/C9H7ClN4O2/c10-8-2-1-6-7(12-8)3-5(13-14-6)4-16-9(11)15/h1-3H,4H2,(H2,11,15). The predicted molar refractivity (Wildman–Crippen MR) is 56.7 cm³/mol. The summed E-state index contributed by atoms with van der Waals surface area (Å²) in [6, 6.07) is 4.96. The molecule has 6 nitrogen and oxygen atoms in total. The Morgan fingerprint density at radius 3 is 2.94 bits per heavy atom. The van der Waals surface area contributed by atoms with Crippen LogP contribution in [0.3, 0.4) is 0 Å². The first-order valence-corrected chi connectivity index (χ1v) is 4.74. The molecule has 0 aromatic carbocycles. The third kappa shape index (κ3) is 2.34. The Morgan fingerprint density at radius 1 is 1.38 bits per heavy atom. The van der Waals surface area contributed by atoms with Gasteiger partial charge in [-0.15, -0.1) is 5.10 Å². The molecule has 0 bridgehead atoms. The van der Waals surface area contributed by atoms with Crippen LogP contribution in [0.5, 0.6) is 0 Å². The highest BCUT2D eigenvalue weighted by atomic mass is 35.5. The lowest BCUT2D eigenvalue weighted by Gasteiger charge is -2.01. The summed E-state index contributed by atoms with van der Waals surface area (Å²) in [5.74, 6) is 0. The molecule has 0 aliphatic rings. The van der Waals surface area contributed by atoms with Crippen molar-refractivity contribution in [1.82, 2.24) is 15.2 Å². The maximum atomic E-state index is 10.4. The van der Waals surface area contributed by atoms with Gasteiger partial charge in [0.2, 0.25) is 0 Å². The number of carbonyl (C=O) groups is 1. The van der Waals surface area contributed by atoms with E-state index in [4.69, 9.17) is 17.3 Å². The van der Waals surface area contributed by atoms with Gasteiger partial charge in [0.1, 0.15) is 23.0 Å². The average Bonchev–Trinajstić information content (AvgIpc) is 2.25. The highest BCUT2D eigenvalue weighted by molar-refractivity contribution is 6.29. The Balaban J connectivity index is 2.31. The van der Waals surface area contributed by atoms with E-state index in [1.54, 1.807) is 18.2 Å². The van der Waals surface area contributed by atoms with Gasteiger partial charge in [0.05, 0.1) is 5.52 Å². The molecule has 0 atom stereocenters. The molecule has 1 amide bonds. The second-order valence-corrected chi connectivity index (χ2v) is 3.37. The molecule has 7 heteroatoms. The minimum atomic E-state index is -0.860. The summed E-state index contributed by atoms with van der Waals surface area (Å²) in [6.07, 6.45) is -0.860. The van der Waals surface area contributed by atoms with E-state index < -0.39 is 6.09 Å². The molecular weight excluding hydrogens is 232 g/mol. The number of fused-ring (bicyclic) bond motifs is 1. The molecule has 2 aromatic heterocycles. The molecule has 2 aromatic rings. The fourth-order valence-electron chi connectivity index (χ4n) is 1.15. The fraction of sp³-hybridized carbons (Fsp3) is 0.111. The molecule has 0 aliphatic heterocycles. The van der Waals surface area contributed by atoms with E-state index in [-0.39, 0.29) is 6.61 Å². The molecule has 2 rings (SSSR count). The number of halogens is 1. The van der Waals surface area contributed by atoms with Crippen molar-refractivity contribution in [2.45, 2.75) is 6.61 Å². The van der Waals surface area contributed by atoms with Crippen molar-refractivity contribution in [2.75, 3.05) is 0 Å². The first-order chi connectivity index (χ1) is 7.65. The number of amides is 1. The molecule has 0 saturated heterocycles. The fourth-order valence-corrected chi connectivity index (χ4v) is 1.31. The van der Waals surface area contributed by atoms with Crippen LogP contribution in [0.4, 0.5) is 4.79 Å². The zero-order valence-corrected chi connectivity index (χ0v) is 8.81. The van der Waals surface area contributed by atoms with Gasteiger partial charge >= 0.3 is 6.09 Å². The molecular formula is C9H7ClN4O2. The van der Waals surface area contributed by atoms with E-state index in [1.807, 2.05) is 0 Å². The number of aromatic nitrogens is 3. The number of carbonyl (C=O) groups excluding carboxylic acids is 1. The van der Waals surface area contributed by atoms with Crippen molar-refractivity contribution in [1.29, 1.82) is 0 Å². The topological polar surface area (TPSA) is 91.0 Å². The quantitative estimate of drug-likeness (QED) is 0.796. The summed E-state index contributed by atoms with van der Waals surface area (Å²) in [4.78, 5) is 14.5. The minimum absolute atomic E-state index is 0.0353. The van der Waals surface area contributed by atoms with Gasteiger partial charge in [-0.1, -0.05) is 11.6 Å². The summed E-state index contributed by atoms with van der Waals surface area (Å²) in [5.41, 5.74) is 6.50. The lowest BCUT2D eigenvalue weighted by molar-refractivity contribution is 0.148. The predicted octanol–water partition coefficient (Wildman–Crippen LogP) is 1.27. The molecule has 0 radical (unpaired) electrons. The first-order valence-electron chi connectivity index (χ1n) is 4.36. The second kappa shape index (κ2) is 4.28.